The summed E-state index contributed by atoms with van der Waals surface area (Å²) in [6.07, 6.45) is 10.4. The Hall–Kier alpha value is 0.290. The smallest absolute Gasteiger partial charge is 0.0150 e. The van der Waals surface area contributed by atoms with E-state index in [2.05, 4.69) is 28.5 Å². The van der Waals surface area contributed by atoms with Crippen LogP contribution in [0, 0.1) is 17.8 Å². The third kappa shape index (κ3) is 1.40. The predicted molar refractivity (Wildman–Crippen MR) is 48.6 cm³/mol. The van der Waals surface area contributed by atoms with Crippen LogP contribution in [0.2, 0.25) is 0 Å². The van der Waals surface area contributed by atoms with Crippen LogP contribution in [0.5, 0.6) is 0 Å². The van der Waals surface area contributed by atoms with Crippen LogP contribution < -0.4 is 0 Å². The summed E-state index contributed by atoms with van der Waals surface area (Å²) in [5.74, 6) is 2.76. The van der Waals surface area contributed by atoms with Crippen LogP contribution >= 0.6 is 22.6 Å². The van der Waals surface area contributed by atoms with Gasteiger partial charge in [0.25, 0.3) is 0 Å². The molecule has 1 heteroatoms. The van der Waals surface area contributed by atoms with E-state index in [1.807, 2.05) is 0 Å². The van der Waals surface area contributed by atoms with Crippen LogP contribution in [0.15, 0.2) is 0 Å². The van der Waals surface area contributed by atoms with Crippen molar-refractivity contribution >= 4 is 22.6 Å². The molecule has 0 N–H and O–H groups in total. The molecular formula is C8H11I. The SMILES string of the molecule is C#CCC1(CI)CCC1. The molecule has 1 aliphatic carbocycles. The zero-order valence-corrected chi connectivity index (χ0v) is 7.65. The normalized spacial score (nSPS) is 22.2. The summed E-state index contributed by atoms with van der Waals surface area (Å²) < 4.78 is 1.25. The van der Waals surface area contributed by atoms with E-state index in [1.165, 1.54) is 23.7 Å². The highest BCUT2D eigenvalue weighted by molar-refractivity contribution is 14.1. The first kappa shape index (κ1) is 7.40. The number of hydrogen-bond donors (Lipinski definition) is 0. The fraction of sp³-hybridized carbons (Fsp3) is 0.750. The highest BCUT2D eigenvalue weighted by Crippen LogP contribution is 2.44. The molecule has 0 aliphatic heterocycles. The Bertz CT molecular complexity index is 122. The van der Waals surface area contributed by atoms with Gasteiger partial charge in [0.05, 0.1) is 0 Å². The van der Waals surface area contributed by atoms with Crippen LogP contribution in [-0.4, -0.2) is 4.43 Å². The minimum absolute atomic E-state index is 0.565. The molecule has 1 aliphatic rings. The van der Waals surface area contributed by atoms with Crippen LogP contribution in [-0.2, 0) is 0 Å². The van der Waals surface area contributed by atoms with Gasteiger partial charge in [-0.25, -0.2) is 0 Å². The molecule has 0 amide bonds. The first-order valence-electron chi connectivity index (χ1n) is 3.32. The number of rotatable bonds is 2. The first-order valence-corrected chi connectivity index (χ1v) is 4.85. The fourth-order valence-electron chi connectivity index (χ4n) is 1.25. The quantitative estimate of drug-likeness (QED) is 0.391. The molecule has 0 heterocycles. The van der Waals surface area contributed by atoms with Gasteiger partial charge in [-0.15, -0.1) is 12.3 Å². The minimum atomic E-state index is 0.565. The number of alkyl halides is 1. The number of halogens is 1. The van der Waals surface area contributed by atoms with Gasteiger partial charge in [0.2, 0.25) is 0 Å². The monoisotopic (exact) mass is 234 g/mol. The fourth-order valence-corrected chi connectivity index (χ4v) is 2.28. The molecule has 9 heavy (non-hydrogen) atoms. The van der Waals surface area contributed by atoms with Crippen LogP contribution in [0.4, 0.5) is 0 Å². The maximum atomic E-state index is 5.25. The standard InChI is InChI=1S/C8H11I/c1-2-4-8(7-9)5-3-6-8/h1H,3-7H2. The van der Waals surface area contributed by atoms with Gasteiger partial charge < -0.3 is 0 Å². The first-order chi connectivity index (χ1) is 4.33. The van der Waals surface area contributed by atoms with Crippen LogP contribution in [0.3, 0.4) is 0 Å². The maximum Gasteiger partial charge on any atom is 0.0150 e. The molecule has 0 aromatic carbocycles. The van der Waals surface area contributed by atoms with Crippen molar-refractivity contribution in [3.05, 3.63) is 0 Å². The van der Waals surface area contributed by atoms with E-state index in [4.69, 9.17) is 6.42 Å². The zero-order valence-electron chi connectivity index (χ0n) is 5.49. The summed E-state index contributed by atoms with van der Waals surface area (Å²) in [5.41, 5.74) is 0.565. The highest BCUT2D eigenvalue weighted by Gasteiger charge is 2.34. The minimum Gasteiger partial charge on any atom is -0.120 e. The summed E-state index contributed by atoms with van der Waals surface area (Å²) >= 11 is 2.45. The molecule has 1 rings (SSSR count). The Balaban J connectivity index is 2.39. The van der Waals surface area contributed by atoms with Crippen molar-refractivity contribution in [2.75, 3.05) is 4.43 Å². The van der Waals surface area contributed by atoms with E-state index in [0.29, 0.717) is 5.41 Å². The lowest BCUT2D eigenvalue weighted by Crippen LogP contribution is -2.30. The molecule has 1 fully saturated rings. The summed E-state index contributed by atoms with van der Waals surface area (Å²) in [6.45, 7) is 0. The lowest BCUT2D eigenvalue weighted by Gasteiger charge is -2.38. The molecule has 50 valence electrons. The van der Waals surface area contributed by atoms with Gasteiger partial charge >= 0.3 is 0 Å². The second-order valence-corrected chi connectivity index (χ2v) is 3.63. The Morgan fingerprint density at radius 2 is 2.22 bits per heavy atom. The van der Waals surface area contributed by atoms with Crippen molar-refractivity contribution in [1.29, 1.82) is 0 Å². The molecule has 0 spiro atoms. The topological polar surface area (TPSA) is 0 Å². The third-order valence-electron chi connectivity index (χ3n) is 2.17. The Kier molecular flexibility index (Phi) is 2.40. The zero-order chi connectivity index (χ0) is 6.74. The van der Waals surface area contributed by atoms with Crippen molar-refractivity contribution in [1.82, 2.24) is 0 Å². The molecule has 0 aromatic heterocycles. The summed E-state index contributed by atoms with van der Waals surface area (Å²) in [7, 11) is 0. The van der Waals surface area contributed by atoms with E-state index >= 15 is 0 Å². The second-order valence-electron chi connectivity index (χ2n) is 2.87. The van der Waals surface area contributed by atoms with Gasteiger partial charge in [-0.3, -0.25) is 0 Å². The molecule has 0 aromatic rings. The van der Waals surface area contributed by atoms with Crippen molar-refractivity contribution in [2.45, 2.75) is 25.7 Å². The van der Waals surface area contributed by atoms with E-state index in [-0.39, 0.29) is 0 Å². The van der Waals surface area contributed by atoms with Crippen molar-refractivity contribution in [3.8, 4) is 12.3 Å². The number of terminal acetylenes is 1. The Labute approximate surface area is 70.5 Å². The van der Waals surface area contributed by atoms with Gasteiger partial charge in [0.15, 0.2) is 0 Å². The van der Waals surface area contributed by atoms with Crippen molar-refractivity contribution in [3.63, 3.8) is 0 Å². The van der Waals surface area contributed by atoms with E-state index < -0.39 is 0 Å². The lowest BCUT2D eigenvalue weighted by atomic mass is 9.68. The molecule has 0 radical (unpaired) electrons. The molecule has 1 saturated carbocycles. The summed E-state index contributed by atoms with van der Waals surface area (Å²) in [6, 6.07) is 0. The summed E-state index contributed by atoms with van der Waals surface area (Å²) in [4.78, 5) is 0. The lowest BCUT2D eigenvalue weighted by molar-refractivity contribution is 0.180. The average Bonchev–Trinajstić information content (AvgIpc) is 1.79. The van der Waals surface area contributed by atoms with Crippen molar-refractivity contribution < 1.29 is 0 Å². The van der Waals surface area contributed by atoms with Crippen LogP contribution in [0.25, 0.3) is 0 Å². The molecular weight excluding hydrogens is 223 g/mol. The van der Waals surface area contributed by atoms with Crippen molar-refractivity contribution in [2.24, 2.45) is 5.41 Å². The van der Waals surface area contributed by atoms with E-state index in [9.17, 15) is 0 Å². The predicted octanol–water partition coefficient (Wildman–Crippen LogP) is 2.62. The van der Waals surface area contributed by atoms with Gasteiger partial charge in [0.1, 0.15) is 0 Å². The van der Waals surface area contributed by atoms with E-state index in [0.717, 1.165) is 6.42 Å². The van der Waals surface area contributed by atoms with E-state index in [1.54, 1.807) is 0 Å². The van der Waals surface area contributed by atoms with Gasteiger partial charge in [0, 0.05) is 10.8 Å². The molecule has 0 bridgehead atoms. The van der Waals surface area contributed by atoms with Gasteiger partial charge in [-0.05, 0) is 18.3 Å². The van der Waals surface area contributed by atoms with Crippen LogP contribution in [0.1, 0.15) is 25.7 Å². The Morgan fingerprint density at radius 3 is 2.33 bits per heavy atom. The van der Waals surface area contributed by atoms with Gasteiger partial charge in [-0.1, -0.05) is 29.0 Å². The molecule has 0 saturated heterocycles. The summed E-state index contributed by atoms with van der Waals surface area (Å²) in [5, 5.41) is 0. The molecule has 0 unspecified atom stereocenters. The largest absolute Gasteiger partial charge is 0.120 e. The molecule has 0 atom stereocenters. The van der Waals surface area contributed by atoms with Gasteiger partial charge in [-0.2, -0.15) is 0 Å². The third-order valence-corrected chi connectivity index (χ3v) is 3.79. The molecule has 0 nitrogen and oxygen atoms in total. The highest BCUT2D eigenvalue weighted by atomic mass is 127. The Morgan fingerprint density at radius 1 is 1.56 bits per heavy atom. The number of hydrogen-bond acceptors (Lipinski definition) is 0. The maximum absolute atomic E-state index is 5.25. The average molecular weight is 234 g/mol. The second kappa shape index (κ2) is 2.92.